The van der Waals surface area contributed by atoms with Gasteiger partial charge in [-0.1, -0.05) is 28.1 Å². The van der Waals surface area contributed by atoms with E-state index in [-0.39, 0.29) is 11.8 Å². The lowest BCUT2D eigenvalue weighted by molar-refractivity contribution is -0.117. The molecule has 2 aromatic carbocycles. The fourth-order valence-electron chi connectivity index (χ4n) is 2.50. The Morgan fingerprint density at radius 2 is 1.95 bits per heavy atom. The van der Waals surface area contributed by atoms with E-state index in [1.807, 2.05) is 42.5 Å². The van der Waals surface area contributed by atoms with Crippen LogP contribution in [0.4, 0.5) is 5.69 Å². The van der Waals surface area contributed by atoms with Crippen LogP contribution in [0.1, 0.15) is 17.0 Å². The van der Waals surface area contributed by atoms with Gasteiger partial charge in [-0.15, -0.1) is 0 Å². The highest BCUT2D eigenvalue weighted by atomic mass is 79.9. The van der Waals surface area contributed by atoms with Crippen molar-refractivity contribution < 1.29 is 9.53 Å². The zero-order valence-corrected chi connectivity index (χ0v) is 12.6. The third kappa shape index (κ3) is 2.43. The minimum atomic E-state index is -0.129. The lowest BCUT2D eigenvalue weighted by atomic mass is 9.93. The molecular formula is C16H14BrNO2. The van der Waals surface area contributed by atoms with E-state index in [2.05, 4.69) is 21.2 Å². The molecule has 0 bridgehead atoms. The molecule has 20 heavy (non-hydrogen) atoms. The number of benzene rings is 2. The van der Waals surface area contributed by atoms with E-state index in [0.717, 1.165) is 27.0 Å². The third-order valence-corrected chi connectivity index (χ3v) is 4.06. The van der Waals surface area contributed by atoms with Crippen molar-refractivity contribution >= 4 is 27.5 Å². The first-order chi connectivity index (χ1) is 9.67. The van der Waals surface area contributed by atoms with Gasteiger partial charge >= 0.3 is 0 Å². The van der Waals surface area contributed by atoms with E-state index in [1.165, 1.54) is 0 Å². The second-order valence-electron chi connectivity index (χ2n) is 4.83. The molecular weight excluding hydrogens is 318 g/mol. The van der Waals surface area contributed by atoms with Crippen molar-refractivity contribution in [2.75, 3.05) is 12.4 Å². The first-order valence-corrected chi connectivity index (χ1v) is 7.20. The monoisotopic (exact) mass is 331 g/mol. The quantitative estimate of drug-likeness (QED) is 0.930. The molecule has 4 heteroatoms. The van der Waals surface area contributed by atoms with Crippen LogP contribution in [-0.2, 0) is 11.2 Å². The number of carbonyl (C=O) groups excluding carboxylic acids is 1. The molecule has 3 nitrogen and oxygen atoms in total. The van der Waals surface area contributed by atoms with E-state index in [9.17, 15) is 4.79 Å². The van der Waals surface area contributed by atoms with Gasteiger partial charge in [0.1, 0.15) is 5.75 Å². The number of carbonyl (C=O) groups is 1. The van der Waals surface area contributed by atoms with Crippen LogP contribution in [0, 0.1) is 0 Å². The van der Waals surface area contributed by atoms with Gasteiger partial charge in [0.2, 0.25) is 5.91 Å². The van der Waals surface area contributed by atoms with Gasteiger partial charge in [0, 0.05) is 10.2 Å². The van der Waals surface area contributed by atoms with Gasteiger partial charge < -0.3 is 10.1 Å². The molecule has 1 amide bonds. The van der Waals surface area contributed by atoms with Gasteiger partial charge in [-0.2, -0.15) is 0 Å². The Bertz CT molecular complexity index is 652. The Morgan fingerprint density at radius 1 is 1.20 bits per heavy atom. The van der Waals surface area contributed by atoms with Gasteiger partial charge in [0.25, 0.3) is 0 Å². The summed E-state index contributed by atoms with van der Waals surface area (Å²) in [7, 11) is 1.65. The zero-order valence-electron chi connectivity index (χ0n) is 11.0. The minimum absolute atomic E-state index is 0.0638. The summed E-state index contributed by atoms with van der Waals surface area (Å²) in [5, 5.41) is 2.93. The predicted molar refractivity (Wildman–Crippen MR) is 82.2 cm³/mol. The number of rotatable bonds is 3. The molecule has 0 spiro atoms. The number of methoxy groups -OCH3 is 1. The topological polar surface area (TPSA) is 38.3 Å². The molecule has 1 N–H and O–H groups in total. The molecule has 0 radical (unpaired) electrons. The highest BCUT2D eigenvalue weighted by Crippen LogP contribution is 2.36. The van der Waals surface area contributed by atoms with Crippen molar-refractivity contribution in [1.29, 1.82) is 0 Å². The standard InChI is InChI=1S/C16H14BrNO2/c1-20-12-5-2-10(3-6-12)8-14-13-9-11(17)4-7-15(13)18-16(14)19/h2-7,9,14H,8H2,1H3,(H,18,19). The summed E-state index contributed by atoms with van der Waals surface area (Å²) < 4.78 is 6.14. The van der Waals surface area contributed by atoms with E-state index < -0.39 is 0 Å². The maximum Gasteiger partial charge on any atom is 0.232 e. The second kappa shape index (κ2) is 5.29. The Balaban J connectivity index is 1.87. The van der Waals surface area contributed by atoms with Gasteiger partial charge in [0.05, 0.1) is 13.0 Å². The van der Waals surface area contributed by atoms with Gasteiger partial charge in [-0.3, -0.25) is 4.79 Å². The summed E-state index contributed by atoms with van der Waals surface area (Å²) in [5.41, 5.74) is 3.09. The minimum Gasteiger partial charge on any atom is -0.497 e. The van der Waals surface area contributed by atoms with Crippen molar-refractivity contribution in [3.8, 4) is 5.75 Å². The van der Waals surface area contributed by atoms with Gasteiger partial charge in [-0.25, -0.2) is 0 Å². The smallest absolute Gasteiger partial charge is 0.232 e. The lowest BCUT2D eigenvalue weighted by Gasteiger charge is -2.10. The maximum atomic E-state index is 12.1. The first kappa shape index (κ1) is 13.2. The average molecular weight is 332 g/mol. The summed E-state index contributed by atoms with van der Waals surface area (Å²) in [6, 6.07) is 13.7. The van der Waals surface area contributed by atoms with Crippen LogP contribution in [0.3, 0.4) is 0 Å². The van der Waals surface area contributed by atoms with Crippen molar-refractivity contribution in [2.45, 2.75) is 12.3 Å². The average Bonchev–Trinajstić information content (AvgIpc) is 2.76. The Hall–Kier alpha value is -1.81. The van der Waals surface area contributed by atoms with Crippen LogP contribution >= 0.6 is 15.9 Å². The number of halogens is 1. The van der Waals surface area contributed by atoms with Crippen LogP contribution < -0.4 is 10.1 Å². The molecule has 1 aliphatic rings. The lowest BCUT2D eigenvalue weighted by Crippen LogP contribution is -2.14. The van der Waals surface area contributed by atoms with Crippen LogP contribution in [-0.4, -0.2) is 13.0 Å². The van der Waals surface area contributed by atoms with E-state index >= 15 is 0 Å². The van der Waals surface area contributed by atoms with Crippen LogP contribution in [0.2, 0.25) is 0 Å². The molecule has 2 aromatic rings. The van der Waals surface area contributed by atoms with E-state index in [0.29, 0.717) is 6.42 Å². The highest BCUT2D eigenvalue weighted by Gasteiger charge is 2.30. The summed E-state index contributed by atoms with van der Waals surface area (Å²) in [6.45, 7) is 0. The molecule has 1 heterocycles. The SMILES string of the molecule is COc1ccc(CC2C(=O)Nc3ccc(Br)cc32)cc1. The first-order valence-electron chi connectivity index (χ1n) is 6.40. The third-order valence-electron chi connectivity index (χ3n) is 3.56. The van der Waals surface area contributed by atoms with Crippen LogP contribution in [0.15, 0.2) is 46.9 Å². The Kier molecular flexibility index (Phi) is 3.49. The molecule has 0 saturated heterocycles. The summed E-state index contributed by atoms with van der Waals surface area (Å²) in [6.07, 6.45) is 0.694. The normalized spacial score (nSPS) is 16.7. The molecule has 0 fully saturated rings. The summed E-state index contributed by atoms with van der Waals surface area (Å²) in [5.74, 6) is 0.762. The van der Waals surface area contributed by atoms with Crippen molar-refractivity contribution in [3.05, 3.63) is 58.1 Å². The molecule has 0 aromatic heterocycles. The molecule has 1 atom stereocenters. The van der Waals surface area contributed by atoms with Crippen molar-refractivity contribution in [3.63, 3.8) is 0 Å². The zero-order chi connectivity index (χ0) is 14.1. The fourth-order valence-corrected chi connectivity index (χ4v) is 2.88. The summed E-state index contributed by atoms with van der Waals surface area (Å²) in [4.78, 5) is 12.1. The second-order valence-corrected chi connectivity index (χ2v) is 5.74. The van der Waals surface area contributed by atoms with Crippen LogP contribution in [0.25, 0.3) is 0 Å². The summed E-state index contributed by atoms with van der Waals surface area (Å²) >= 11 is 3.46. The van der Waals surface area contributed by atoms with Gasteiger partial charge in [0.15, 0.2) is 0 Å². The van der Waals surface area contributed by atoms with Crippen molar-refractivity contribution in [2.24, 2.45) is 0 Å². The Morgan fingerprint density at radius 3 is 2.65 bits per heavy atom. The molecule has 1 aliphatic heterocycles. The number of hydrogen-bond acceptors (Lipinski definition) is 2. The number of fused-ring (bicyclic) bond motifs is 1. The molecule has 1 unspecified atom stereocenters. The molecule has 0 saturated carbocycles. The van der Waals surface area contributed by atoms with Crippen molar-refractivity contribution in [1.82, 2.24) is 0 Å². The van der Waals surface area contributed by atoms with E-state index in [1.54, 1.807) is 7.11 Å². The maximum absolute atomic E-state index is 12.1. The number of anilines is 1. The predicted octanol–water partition coefficient (Wildman–Crippen LogP) is 3.74. The highest BCUT2D eigenvalue weighted by molar-refractivity contribution is 9.10. The number of ether oxygens (including phenoxy) is 1. The van der Waals surface area contributed by atoms with Gasteiger partial charge in [-0.05, 0) is 47.9 Å². The largest absolute Gasteiger partial charge is 0.497 e. The molecule has 3 rings (SSSR count). The molecule has 0 aliphatic carbocycles. The Labute approximate surface area is 126 Å². The number of hydrogen-bond donors (Lipinski definition) is 1. The molecule has 102 valence electrons. The number of nitrogens with one attached hydrogen (secondary N) is 1. The van der Waals surface area contributed by atoms with Crippen LogP contribution in [0.5, 0.6) is 5.75 Å². The number of amides is 1. The fraction of sp³-hybridized carbons (Fsp3) is 0.188. The van der Waals surface area contributed by atoms with E-state index in [4.69, 9.17) is 4.74 Å².